The topological polar surface area (TPSA) is 97.0 Å². The van der Waals surface area contributed by atoms with E-state index in [1.807, 2.05) is 48.5 Å². The van der Waals surface area contributed by atoms with Crippen molar-refractivity contribution in [2.24, 2.45) is 5.73 Å². The van der Waals surface area contributed by atoms with Crippen LogP contribution in [-0.4, -0.2) is 10.2 Å². The second-order valence-electron chi connectivity index (χ2n) is 8.45. The van der Waals surface area contributed by atoms with Crippen molar-refractivity contribution in [2.45, 2.75) is 38.7 Å². The first kappa shape index (κ1) is 20.8. The van der Waals surface area contributed by atoms with Crippen molar-refractivity contribution in [1.82, 2.24) is 10.2 Å². The number of hydrogen-bond acceptors (Lipinski definition) is 5. The van der Waals surface area contributed by atoms with Crippen LogP contribution in [0.5, 0.6) is 11.6 Å². The molecule has 3 N–H and O–H groups in total. The molecular formula is C24H23ClN4O2. The number of nitriles is 1. The summed E-state index contributed by atoms with van der Waals surface area (Å²) in [7, 11) is 0. The second kappa shape index (κ2) is 8.01. The Labute approximate surface area is 186 Å². The zero-order valence-electron chi connectivity index (χ0n) is 17.6. The van der Waals surface area contributed by atoms with E-state index in [1.165, 1.54) is 0 Å². The highest BCUT2D eigenvalue weighted by atomic mass is 35.5. The Bertz CT molecular complexity index is 1180. The van der Waals surface area contributed by atoms with Gasteiger partial charge < -0.3 is 15.2 Å². The van der Waals surface area contributed by atoms with Crippen molar-refractivity contribution in [3.05, 3.63) is 87.4 Å². The SMILES string of the molecule is CC(C)(C)c1[nH]nc2c1C(c1ccccc1OCc1ccc(Cl)cc1)C(C#N)=C(N)O2. The summed E-state index contributed by atoms with van der Waals surface area (Å²) in [6.07, 6.45) is 0. The van der Waals surface area contributed by atoms with Gasteiger partial charge in [0.05, 0.1) is 11.5 Å². The summed E-state index contributed by atoms with van der Waals surface area (Å²) in [6, 6.07) is 17.4. The minimum atomic E-state index is -0.455. The zero-order valence-corrected chi connectivity index (χ0v) is 18.3. The number of halogens is 1. The molecule has 0 bridgehead atoms. The lowest BCUT2D eigenvalue weighted by molar-refractivity contribution is 0.301. The molecule has 0 radical (unpaired) electrons. The minimum Gasteiger partial charge on any atom is -0.489 e. The van der Waals surface area contributed by atoms with Crippen molar-refractivity contribution >= 4 is 11.6 Å². The summed E-state index contributed by atoms with van der Waals surface area (Å²) in [4.78, 5) is 0. The third-order valence-electron chi connectivity index (χ3n) is 5.23. The quantitative estimate of drug-likeness (QED) is 0.591. The van der Waals surface area contributed by atoms with Gasteiger partial charge in [-0.3, -0.25) is 5.10 Å². The van der Waals surface area contributed by atoms with E-state index < -0.39 is 5.92 Å². The molecule has 1 atom stereocenters. The molecule has 1 aromatic heterocycles. The molecule has 0 spiro atoms. The molecule has 1 aliphatic heterocycles. The number of allylic oxidation sites excluding steroid dienone is 1. The molecule has 4 rings (SSSR count). The standard InChI is InChI=1S/C24H23ClN4O2/c1-24(2,3)21-20-19(17(12-26)22(27)31-23(20)29-28-21)16-6-4-5-7-18(16)30-13-14-8-10-15(25)11-9-14/h4-11,19H,13,27H2,1-3H3,(H,28,29). The summed E-state index contributed by atoms with van der Waals surface area (Å²) >= 11 is 5.98. The van der Waals surface area contributed by atoms with Gasteiger partial charge in [-0.05, 0) is 23.8 Å². The van der Waals surface area contributed by atoms with Gasteiger partial charge in [-0.25, -0.2) is 0 Å². The fourth-order valence-electron chi connectivity index (χ4n) is 3.72. The molecule has 31 heavy (non-hydrogen) atoms. The number of aromatic amines is 1. The molecule has 6 nitrogen and oxygen atoms in total. The number of nitrogens with one attached hydrogen (secondary N) is 1. The third-order valence-corrected chi connectivity index (χ3v) is 5.48. The molecule has 1 unspecified atom stereocenters. The molecule has 1 aliphatic rings. The van der Waals surface area contributed by atoms with Gasteiger partial charge in [-0.1, -0.05) is 62.7 Å². The molecule has 0 fully saturated rings. The Hall–Kier alpha value is -3.43. The largest absolute Gasteiger partial charge is 0.489 e. The van der Waals surface area contributed by atoms with Crippen LogP contribution in [0, 0.1) is 11.3 Å². The van der Waals surface area contributed by atoms with Crippen molar-refractivity contribution in [1.29, 1.82) is 5.26 Å². The van der Waals surface area contributed by atoms with Gasteiger partial charge in [0.15, 0.2) is 0 Å². The lowest BCUT2D eigenvalue weighted by Crippen LogP contribution is -2.24. The van der Waals surface area contributed by atoms with Crippen LogP contribution in [0.2, 0.25) is 5.02 Å². The van der Waals surface area contributed by atoms with Gasteiger partial charge in [0, 0.05) is 21.7 Å². The molecule has 0 saturated carbocycles. The lowest BCUT2D eigenvalue weighted by Gasteiger charge is -2.28. The predicted octanol–water partition coefficient (Wildman–Crippen LogP) is 5.16. The van der Waals surface area contributed by atoms with Crippen LogP contribution in [0.3, 0.4) is 0 Å². The highest BCUT2D eigenvalue weighted by molar-refractivity contribution is 6.30. The first-order valence-corrected chi connectivity index (χ1v) is 10.3. The lowest BCUT2D eigenvalue weighted by atomic mass is 9.78. The number of nitrogens with zero attached hydrogens (tertiary/aromatic N) is 2. The zero-order chi connectivity index (χ0) is 22.2. The summed E-state index contributed by atoms with van der Waals surface area (Å²) in [5.41, 5.74) is 9.71. The van der Waals surface area contributed by atoms with E-state index in [-0.39, 0.29) is 11.3 Å². The molecule has 3 aromatic rings. The van der Waals surface area contributed by atoms with E-state index in [0.717, 1.165) is 22.4 Å². The van der Waals surface area contributed by atoms with Crippen LogP contribution in [0.4, 0.5) is 0 Å². The third kappa shape index (κ3) is 3.97. The van der Waals surface area contributed by atoms with E-state index in [0.29, 0.717) is 28.8 Å². The van der Waals surface area contributed by atoms with Crippen LogP contribution >= 0.6 is 11.6 Å². The predicted molar refractivity (Wildman–Crippen MR) is 119 cm³/mol. The Morgan fingerprint density at radius 2 is 1.90 bits per heavy atom. The molecule has 158 valence electrons. The van der Waals surface area contributed by atoms with Gasteiger partial charge in [-0.15, -0.1) is 5.10 Å². The van der Waals surface area contributed by atoms with E-state index in [4.69, 9.17) is 26.8 Å². The Morgan fingerprint density at radius 3 is 2.58 bits per heavy atom. The maximum absolute atomic E-state index is 9.92. The van der Waals surface area contributed by atoms with Crippen LogP contribution in [0.25, 0.3) is 0 Å². The van der Waals surface area contributed by atoms with Gasteiger partial charge >= 0.3 is 0 Å². The molecule has 0 amide bonds. The van der Waals surface area contributed by atoms with Gasteiger partial charge in [-0.2, -0.15) is 5.26 Å². The van der Waals surface area contributed by atoms with Crippen molar-refractivity contribution in [3.8, 4) is 17.7 Å². The molecule has 0 saturated heterocycles. The Morgan fingerprint density at radius 1 is 1.19 bits per heavy atom. The van der Waals surface area contributed by atoms with Gasteiger partial charge in [0.1, 0.15) is 24.0 Å². The van der Waals surface area contributed by atoms with E-state index in [1.54, 1.807) is 0 Å². The first-order valence-electron chi connectivity index (χ1n) is 9.92. The van der Waals surface area contributed by atoms with Crippen LogP contribution in [0.1, 0.15) is 49.1 Å². The number of nitrogens with two attached hydrogens (primary N) is 1. The Kier molecular flexibility index (Phi) is 5.38. The fraction of sp³-hybridized carbons (Fsp3) is 0.250. The summed E-state index contributed by atoms with van der Waals surface area (Å²) in [5, 5.41) is 18.0. The smallest absolute Gasteiger partial charge is 0.244 e. The summed E-state index contributed by atoms with van der Waals surface area (Å²) in [5.74, 6) is 0.651. The highest BCUT2D eigenvalue weighted by Gasteiger charge is 2.39. The first-order chi connectivity index (χ1) is 14.8. The normalized spacial score (nSPS) is 15.8. The summed E-state index contributed by atoms with van der Waals surface area (Å²) in [6.45, 7) is 6.60. The summed E-state index contributed by atoms with van der Waals surface area (Å²) < 4.78 is 11.9. The van der Waals surface area contributed by atoms with E-state index in [9.17, 15) is 5.26 Å². The van der Waals surface area contributed by atoms with E-state index >= 15 is 0 Å². The average molecular weight is 435 g/mol. The number of aromatic nitrogens is 2. The highest BCUT2D eigenvalue weighted by Crippen LogP contribution is 2.47. The molecule has 0 aliphatic carbocycles. The molecule has 7 heteroatoms. The minimum absolute atomic E-state index is 0.0551. The van der Waals surface area contributed by atoms with Crippen LogP contribution in [0.15, 0.2) is 60.0 Å². The number of para-hydroxylation sites is 1. The number of H-pyrrole nitrogens is 1. The van der Waals surface area contributed by atoms with Crippen molar-refractivity contribution in [3.63, 3.8) is 0 Å². The molecular weight excluding hydrogens is 412 g/mol. The number of rotatable bonds is 4. The number of benzene rings is 2. The average Bonchev–Trinajstić information content (AvgIpc) is 3.16. The van der Waals surface area contributed by atoms with Crippen LogP contribution in [-0.2, 0) is 12.0 Å². The maximum atomic E-state index is 9.92. The maximum Gasteiger partial charge on any atom is 0.244 e. The van der Waals surface area contributed by atoms with Gasteiger partial charge in [0.2, 0.25) is 11.8 Å². The fourth-order valence-corrected chi connectivity index (χ4v) is 3.85. The number of ether oxygens (including phenoxy) is 2. The Balaban J connectivity index is 1.79. The van der Waals surface area contributed by atoms with Crippen molar-refractivity contribution < 1.29 is 9.47 Å². The monoisotopic (exact) mass is 434 g/mol. The molecule has 2 aromatic carbocycles. The number of fused-ring (bicyclic) bond motifs is 1. The number of hydrogen-bond donors (Lipinski definition) is 2. The van der Waals surface area contributed by atoms with E-state index in [2.05, 4.69) is 37.0 Å². The van der Waals surface area contributed by atoms with Crippen molar-refractivity contribution in [2.75, 3.05) is 0 Å². The van der Waals surface area contributed by atoms with Gasteiger partial charge in [0.25, 0.3) is 0 Å². The van der Waals surface area contributed by atoms with Crippen LogP contribution < -0.4 is 15.2 Å². The second-order valence-corrected chi connectivity index (χ2v) is 8.88. The molecule has 2 heterocycles.